The number of anilines is 1. The van der Waals surface area contributed by atoms with Crippen molar-refractivity contribution >= 4 is 40.6 Å². The summed E-state index contributed by atoms with van der Waals surface area (Å²) < 4.78 is 6.76. The number of ketones is 3. The molecule has 3 aromatic heterocycles. The highest BCUT2D eigenvalue weighted by atomic mass is 16.2. The number of rotatable bonds is 13. The fraction of sp³-hybridized carbons (Fsp3) is 0.387. The molecule has 0 bridgehead atoms. The molecule has 4 heterocycles. The number of hydrogen-bond donors (Lipinski definition) is 2. The third-order valence-corrected chi connectivity index (χ3v) is 7.34. The number of nitrogens with one attached hydrogen (secondary N) is 2. The maximum atomic E-state index is 13.0. The lowest BCUT2D eigenvalue weighted by Crippen LogP contribution is -2.29. The molecule has 0 radical (unpaired) electrons. The van der Waals surface area contributed by atoms with Crippen LogP contribution in [0.3, 0.4) is 0 Å². The lowest BCUT2D eigenvalue weighted by atomic mass is 10.0. The SMILES string of the molecule is CCC(=O)C1=[N+](C)C=C(CC(=O)c2cc(NC(=O)CCNC(=O)c3nc(CC(=O)c4cc(C)cn4C)cn3C)cn2C)C1. The minimum Gasteiger partial charge on any atom is -0.349 e. The van der Waals surface area contributed by atoms with E-state index in [2.05, 4.69) is 15.6 Å². The molecule has 0 saturated carbocycles. The van der Waals surface area contributed by atoms with Crippen LogP contribution in [0.5, 0.6) is 0 Å². The third kappa shape index (κ3) is 7.32. The van der Waals surface area contributed by atoms with E-state index >= 15 is 0 Å². The fourth-order valence-corrected chi connectivity index (χ4v) is 5.23. The summed E-state index contributed by atoms with van der Waals surface area (Å²) in [5.41, 5.74) is 4.51. The van der Waals surface area contributed by atoms with Gasteiger partial charge in [0.2, 0.25) is 17.4 Å². The molecule has 1 aliphatic rings. The Labute approximate surface area is 250 Å². The summed E-state index contributed by atoms with van der Waals surface area (Å²) >= 11 is 0. The van der Waals surface area contributed by atoms with Gasteiger partial charge in [0, 0.05) is 71.1 Å². The molecule has 0 fully saturated rings. The number of carbonyl (C=O) groups is 5. The maximum absolute atomic E-state index is 13.0. The van der Waals surface area contributed by atoms with E-state index in [1.807, 2.05) is 46.4 Å². The van der Waals surface area contributed by atoms with E-state index in [4.69, 9.17) is 0 Å². The first kappa shape index (κ1) is 31.1. The van der Waals surface area contributed by atoms with Crippen LogP contribution in [0.4, 0.5) is 5.69 Å². The number of amides is 2. The van der Waals surface area contributed by atoms with Crippen molar-refractivity contribution in [3.63, 3.8) is 0 Å². The Hall–Kier alpha value is -4.87. The van der Waals surface area contributed by atoms with Gasteiger partial charge in [0.05, 0.1) is 35.6 Å². The Kier molecular flexibility index (Phi) is 9.37. The van der Waals surface area contributed by atoms with Gasteiger partial charge in [-0.05, 0) is 24.6 Å². The Bertz CT molecular complexity index is 1680. The topological polar surface area (TPSA) is 140 Å². The summed E-state index contributed by atoms with van der Waals surface area (Å²) in [5.74, 6) is -0.783. The van der Waals surface area contributed by atoms with Crippen molar-refractivity contribution in [2.24, 2.45) is 21.1 Å². The number of Topliss-reactive ketones (excluding diaryl/α,β-unsaturated/α-hetero) is 3. The van der Waals surface area contributed by atoms with Crippen molar-refractivity contribution in [2.45, 2.75) is 46.0 Å². The van der Waals surface area contributed by atoms with Crippen LogP contribution in [0.2, 0.25) is 0 Å². The van der Waals surface area contributed by atoms with Gasteiger partial charge in [-0.3, -0.25) is 24.0 Å². The lowest BCUT2D eigenvalue weighted by Gasteiger charge is -2.05. The second-order valence-corrected chi connectivity index (χ2v) is 11.0. The molecule has 2 amide bonds. The molecule has 0 atom stereocenters. The number of imidazole rings is 1. The van der Waals surface area contributed by atoms with Crippen molar-refractivity contribution in [3.8, 4) is 0 Å². The quantitative estimate of drug-likeness (QED) is 0.232. The normalized spacial score (nSPS) is 12.8. The van der Waals surface area contributed by atoms with Crippen molar-refractivity contribution in [1.29, 1.82) is 0 Å². The molecular weight excluding hydrogens is 550 g/mol. The molecule has 43 heavy (non-hydrogen) atoms. The average Bonchev–Trinajstić information content (AvgIpc) is 3.69. The first-order chi connectivity index (χ1) is 20.4. The molecule has 1 aliphatic heterocycles. The van der Waals surface area contributed by atoms with Crippen molar-refractivity contribution in [1.82, 2.24) is 24.0 Å². The van der Waals surface area contributed by atoms with Gasteiger partial charge in [-0.15, -0.1) is 0 Å². The van der Waals surface area contributed by atoms with E-state index in [1.165, 1.54) is 0 Å². The molecule has 0 aromatic carbocycles. The zero-order valence-electron chi connectivity index (χ0n) is 25.5. The highest BCUT2D eigenvalue weighted by Crippen LogP contribution is 2.21. The number of allylic oxidation sites excluding steroid dienone is 1. The maximum Gasteiger partial charge on any atom is 0.287 e. The van der Waals surface area contributed by atoms with E-state index in [0.717, 1.165) is 11.1 Å². The van der Waals surface area contributed by atoms with Crippen molar-refractivity contribution in [3.05, 3.63) is 71.0 Å². The van der Waals surface area contributed by atoms with Crippen LogP contribution in [0.1, 0.15) is 75.5 Å². The second kappa shape index (κ2) is 13.0. The van der Waals surface area contributed by atoms with Crippen LogP contribution >= 0.6 is 0 Å². The molecular formula is C31H38N7O5+. The van der Waals surface area contributed by atoms with Crippen LogP contribution in [0, 0.1) is 6.92 Å². The van der Waals surface area contributed by atoms with Gasteiger partial charge >= 0.3 is 0 Å². The largest absolute Gasteiger partial charge is 0.349 e. The van der Waals surface area contributed by atoms with E-state index < -0.39 is 5.91 Å². The molecule has 0 saturated heterocycles. The first-order valence-corrected chi connectivity index (χ1v) is 14.1. The Morgan fingerprint density at radius 1 is 0.907 bits per heavy atom. The van der Waals surface area contributed by atoms with Crippen LogP contribution < -0.4 is 10.6 Å². The summed E-state index contributed by atoms with van der Waals surface area (Å²) in [7, 11) is 7.02. The number of aryl methyl sites for hydroxylation is 4. The Morgan fingerprint density at radius 2 is 1.58 bits per heavy atom. The fourth-order valence-electron chi connectivity index (χ4n) is 5.23. The second-order valence-electron chi connectivity index (χ2n) is 11.0. The molecule has 2 N–H and O–H groups in total. The summed E-state index contributed by atoms with van der Waals surface area (Å²) in [6.07, 6.45) is 8.13. The highest BCUT2D eigenvalue weighted by Gasteiger charge is 2.28. The minimum absolute atomic E-state index is 0.00973. The Morgan fingerprint density at radius 3 is 2.26 bits per heavy atom. The van der Waals surface area contributed by atoms with Crippen LogP contribution in [-0.2, 0) is 37.2 Å². The first-order valence-electron chi connectivity index (χ1n) is 14.1. The average molecular weight is 589 g/mol. The monoisotopic (exact) mass is 588 g/mol. The molecule has 0 unspecified atom stereocenters. The zero-order valence-corrected chi connectivity index (χ0v) is 25.5. The standard InChI is InChI=1S/C31H37N7O5/c1-7-26(39)24-11-20(16-36(24)4)12-27(40)25-13-21(17-37(25)5)33-29(42)8-9-32-31(43)30-34-22(18-38(30)6)14-28(41)23-10-19(2)15-35(23)3/h10,13,15-18H,7-9,11-12,14H2,1-6H3,(H-,32,33,42,43)/p+1. The zero-order chi connectivity index (χ0) is 31.4. The van der Waals surface area contributed by atoms with Gasteiger partial charge in [0.25, 0.3) is 5.91 Å². The lowest BCUT2D eigenvalue weighted by molar-refractivity contribution is -0.418. The summed E-state index contributed by atoms with van der Waals surface area (Å²) in [6.45, 7) is 3.80. The van der Waals surface area contributed by atoms with Gasteiger partial charge in [-0.25, -0.2) is 9.56 Å². The van der Waals surface area contributed by atoms with E-state index in [9.17, 15) is 24.0 Å². The van der Waals surface area contributed by atoms with Crippen molar-refractivity contribution in [2.75, 3.05) is 18.9 Å². The summed E-state index contributed by atoms with van der Waals surface area (Å²) in [4.78, 5) is 67.3. The summed E-state index contributed by atoms with van der Waals surface area (Å²) in [5, 5.41) is 5.46. The highest BCUT2D eigenvalue weighted by molar-refractivity contribution is 6.38. The molecule has 226 valence electrons. The molecule has 12 heteroatoms. The smallest absolute Gasteiger partial charge is 0.287 e. The predicted octanol–water partition coefficient (Wildman–Crippen LogP) is 2.51. The van der Waals surface area contributed by atoms with E-state index in [-0.39, 0.29) is 54.9 Å². The number of carbonyl (C=O) groups excluding carboxylic acids is 5. The number of hydrogen-bond acceptors (Lipinski definition) is 6. The third-order valence-electron chi connectivity index (χ3n) is 7.34. The van der Waals surface area contributed by atoms with Gasteiger partial charge in [-0.1, -0.05) is 6.92 Å². The van der Waals surface area contributed by atoms with E-state index in [0.29, 0.717) is 41.3 Å². The summed E-state index contributed by atoms with van der Waals surface area (Å²) in [6, 6.07) is 3.43. The van der Waals surface area contributed by atoms with Gasteiger partial charge < -0.3 is 24.3 Å². The molecule has 4 rings (SSSR count). The van der Waals surface area contributed by atoms with Gasteiger partial charge in [0.1, 0.15) is 7.05 Å². The van der Waals surface area contributed by atoms with Crippen LogP contribution in [-0.4, -0.2) is 71.7 Å². The van der Waals surface area contributed by atoms with Crippen LogP contribution in [0.15, 0.2) is 42.5 Å². The molecule has 0 spiro atoms. The van der Waals surface area contributed by atoms with Crippen molar-refractivity contribution < 1.29 is 28.5 Å². The number of nitrogens with zero attached hydrogens (tertiary/aromatic N) is 5. The molecule has 12 nitrogen and oxygen atoms in total. The minimum atomic E-state index is -0.454. The number of aromatic nitrogens is 4. The van der Waals surface area contributed by atoms with Gasteiger partial charge in [0.15, 0.2) is 23.6 Å². The Balaban J connectivity index is 1.25. The molecule has 0 aliphatic carbocycles. The van der Waals surface area contributed by atoms with E-state index in [1.54, 1.807) is 50.8 Å². The van der Waals surface area contributed by atoms with Crippen LogP contribution in [0.25, 0.3) is 0 Å². The van der Waals surface area contributed by atoms with Gasteiger partial charge in [-0.2, -0.15) is 0 Å². The molecule has 3 aromatic rings. The predicted molar refractivity (Wildman–Crippen MR) is 161 cm³/mol.